The lowest BCUT2D eigenvalue weighted by Crippen LogP contribution is -1.94. The molecule has 170 valence electrons. The minimum Gasteiger partial charge on any atom is -0.496 e. The summed E-state index contributed by atoms with van der Waals surface area (Å²) >= 11 is 6.32. The topological polar surface area (TPSA) is 61.3 Å². The van der Waals surface area contributed by atoms with Crippen LogP contribution in [0.15, 0.2) is 71.1 Å². The SMILES string of the molecule is COc1cc(F)c(-c2ccc(N)cc2Cl)cc1-c1cccc(-c2nc3cc(F)c(F)cc3o2)c1. The average molecular weight is 481 g/mol. The molecule has 0 amide bonds. The second kappa shape index (κ2) is 8.43. The van der Waals surface area contributed by atoms with Gasteiger partial charge in [-0.15, -0.1) is 0 Å². The van der Waals surface area contributed by atoms with E-state index in [-0.39, 0.29) is 22.6 Å². The van der Waals surface area contributed by atoms with Gasteiger partial charge in [0.25, 0.3) is 0 Å². The van der Waals surface area contributed by atoms with E-state index in [1.165, 1.54) is 13.2 Å². The summed E-state index contributed by atoms with van der Waals surface area (Å²) in [6.45, 7) is 0. The van der Waals surface area contributed by atoms with Crippen molar-refractivity contribution >= 4 is 28.4 Å². The Morgan fingerprint density at radius 2 is 1.59 bits per heavy atom. The smallest absolute Gasteiger partial charge is 0.227 e. The van der Waals surface area contributed by atoms with E-state index in [4.69, 9.17) is 26.5 Å². The zero-order valence-electron chi connectivity index (χ0n) is 17.7. The predicted octanol–water partition coefficient (Wildman–Crippen LogP) is 7.49. The summed E-state index contributed by atoms with van der Waals surface area (Å²) in [4.78, 5) is 4.27. The van der Waals surface area contributed by atoms with Gasteiger partial charge in [-0.2, -0.15) is 0 Å². The van der Waals surface area contributed by atoms with Crippen LogP contribution in [0.25, 0.3) is 44.8 Å². The molecule has 0 unspecified atom stereocenters. The number of hydrogen-bond donors (Lipinski definition) is 1. The van der Waals surface area contributed by atoms with Crippen molar-refractivity contribution in [3.63, 3.8) is 0 Å². The van der Waals surface area contributed by atoms with E-state index in [1.54, 1.807) is 42.5 Å². The zero-order chi connectivity index (χ0) is 24.0. The van der Waals surface area contributed by atoms with E-state index in [9.17, 15) is 13.2 Å². The standard InChI is InChI=1S/C26H16ClF3N2O2/c1-33-24-11-20(28)18(16-6-5-15(31)8-19(16)27)9-17(24)13-3-2-4-14(7-13)26-32-23-10-21(29)22(30)12-25(23)34-26/h2-12H,31H2,1H3. The van der Waals surface area contributed by atoms with E-state index < -0.39 is 17.5 Å². The number of nitrogens with two attached hydrogens (primary N) is 1. The number of ether oxygens (including phenoxy) is 1. The minimum absolute atomic E-state index is 0.124. The third-order valence-corrected chi connectivity index (χ3v) is 5.74. The number of methoxy groups -OCH3 is 1. The Balaban J connectivity index is 1.64. The van der Waals surface area contributed by atoms with Gasteiger partial charge in [0.1, 0.15) is 17.1 Å². The Kier molecular flexibility index (Phi) is 5.42. The predicted molar refractivity (Wildman–Crippen MR) is 126 cm³/mol. The van der Waals surface area contributed by atoms with Crippen LogP contribution in [0, 0.1) is 17.5 Å². The first-order valence-electron chi connectivity index (χ1n) is 10.1. The number of anilines is 1. The maximum Gasteiger partial charge on any atom is 0.227 e. The molecule has 0 radical (unpaired) electrons. The Labute approximate surface area is 197 Å². The van der Waals surface area contributed by atoms with Crippen LogP contribution in [-0.4, -0.2) is 12.1 Å². The molecule has 1 heterocycles. The van der Waals surface area contributed by atoms with Gasteiger partial charge in [-0.25, -0.2) is 18.2 Å². The molecule has 2 N–H and O–H groups in total. The lowest BCUT2D eigenvalue weighted by Gasteiger charge is -2.14. The lowest BCUT2D eigenvalue weighted by molar-refractivity contribution is 0.413. The van der Waals surface area contributed by atoms with E-state index in [0.29, 0.717) is 38.7 Å². The van der Waals surface area contributed by atoms with Crippen molar-refractivity contribution in [1.82, 2.24) is 4.98 Å². The van der Waals surface area contributed by atoms with Gasteiger partial charge in [-0.1, -0.05) is 29.8 Å². The summed E-state index contributed by atoms with van der Waals surface area (Å²) in [6, 6.07) is 16.8. The number of nitrogens with zero attached hydrogens (tertiary/aromatic N) is 1. The highest BCUT2D eigenvalue weighted by molar-refractivity contribution is 6.33. The maximum atomic E-state index is 15.0. The highest BCUT2D eigenvalue weighted by atomic mass is 35.5. The largest absolute Gasteiger partial charge is 0.496 e. The number of fused-ring (bicyclic) bond motifs is 1. The Morgan fingerprint density at radius 3 is 2.35 bits per heavy atom. The van der Waals surface area contributed by atoms with Crippen LogP contribution in [-0.2, 0) is 0 Å². The third-order valence-electron chi connectivity index (χ3n) is 5.42. The highest BCUT2D eigenvalue weighted by Gasteiger charge is 2.18. The summed E-state index contributed by atoms with van der Waals surface area (Å²) in [7, 11) is 1.45. The van der Waals surface area contributed by atoms with Crippen molar-refractivity contribution in [2.24, 2.45) is 0 Å². The average Bonchev–Trinajstić information content (AvgIpc) is 3.22. The van der Waals surface area contributed by atoms with Crippen molar-refractivity contribution in [3.05, 3.63) is 89.2 Å². The number of hydrogen-bond acceptors (Lipinski definition) is 4. The van der Waals surface area contributed by atoms with Crippen molar-refractivity contribution in [3.8, 4) is 39.5 Å². The number of halogens is 4. The number of nitrogen functional groups attached to an aromatic ring is 1. The molecule has 0 aliphatic rings. The molecule has 8 heteroatoms. The number of rotatable bonds is 4. The lowest BCUT2D eigenvalue weighted by atomic mass is 9.96. The first-order chi connectivity index (χ1) is 16.3. The molecule has 4 aromatic carbocycles. The molecule has 34 heavy (non-hydrogen) atoms. The second-order valence-corrected chi connectivity index (χ2v) is 8.01. The first-order valence-corrected chi connectivity index (χ1v) is 10.5. The Morgan fingerprint density at radius 1 is 0.824 bits per heavy atom. The molecule has 0 aliphatic carbocycles. The molecule has 0 aliphatic heterocycles. The fourth-order valence-electron chi connectivity index (χ4n) is 3.77. The summed E-state index contributed by atoms with van der Waals surface area (Å²) in [5.41, 5.74) is 9.16. The molecule has 0 bridgehead atoms. The molecule has 5 rings (SSSR count). The molecule has 4 nitrogen and oxygen atoms in total. The minimum atomic E-state index is -1.02. The van der Waals surface area contributed by atoms with Crippen LogP contribution in [0.1, 0.15) is 0 Å². The number of aromatic nitrogens is 1. The Bertz CT molecular complexity index is 1530. The molecule has 1 aromatic heterocycles. The monoisotopic (exact) mass is 480 g/mol. The quantitative estimate of drug-likeness (QED) is 0.271. The third kappa shape index (κ3) is 3.84. The van der Waals surface area contributed by atoms with Crippen LogP contribution in [0.4, 0.5) is 18.9 Å². The molecular formula is C26H16ClF3N2O2. The van der Waals surface area contributed by atoms with Crippen molar-refractivity contribution in [2.75, 3.05) is 12.8 Å². The first kappa shape index (κ1) is 21.9. The van der Waals surface area contributed by atoms with Gasteiger partial charge in [0.15, 0.2) is 17.2 Å². The van der Waals surface area contributed by atoms with E-state index >= 15 is 0 Å². The van der Waals surface area contributed by atoms with Gasteiger partial charge in [0.05, 0.1) is 12.1 Å². The van der Waals surface area contributed by atoms with Gasteiger partial charge in [-0.3, -0.25) is 0 Å². The fourth-order valence-corrected chi connectivity index (χ4v) is 4.06. The zero-order valence-corrected chi connectivity index (χ0v) is 18.5. The van der Waals surface area contributed by atoms with Gasteiger partial charge >= 0.3 is 0 Å². The molecule has 0 fully saturated rings. The number of oxazole rings is 1. The van der Waals surface area contributed by atoms with E-state index in [1.807, 2.05) is 6.07 Å². The summed E-state index contributed by atoms with van der Waals surface area (Å²) in [5.74, 6) is -2.04. The number of benzene rings is 4. The van der Waals surface area contributed by atoms with Crippen LogP contribution in [0.3, 0.4) is 0 Å². The normalized spacial score (nSPS) is 11.2. The molecule has 0 atom stereocenters. The molecule has 5 aromatic rings. The molecule has 0 saturated carbocycles. The highest BCUT2D eigenvalue weighted by Crippen LogP contribution is 2.40. The van der Waals surface area contributed by atoms with Crippen LogP contribution in [0.5, 0.6) is 5.75 Å². The van der Waals surface area contributed by atoms with Crippen molar-refractivity contribution in [2.45, 2.75) is 0 Å². The van der Waals surface area contributed by atoms with E-state index in [0.717, 1.165) is 12.1 Å². The summed E-state index contributed by atoms with van der Waals surface area (Å²) < 4.78 is 53.2. The van der Waals surface area contributed by atoms with E-state index in [2.05, 4.69) is 4.98 Å². The van der Waals surface area contributed by atoms with Crippen molar-refractivity contribution in [1.29, 1.82) is 0 Å². The van der Waals surface area contributed by atoms with Gasteiger partial charge in [-0.05, 0) is 35.9 Å². The fraction of sp³-hybridized carbons (Fsp3) is 0.0385. The van der Waals surface area contributed by atoms with Gasteiger partial charge < -0.3 is 14.9 Å². The second-order valence-electron chi connectivity index (χ2n) is 7.61. The van der Waals surface area contributed by atoms with Crippen LogP contribution in [0.2, 0.25) is 5.02 Å². The molecule has 0 spiro atoms. The Hall–Kier alpha value is -3.97. The summed E-state index contributed by atoms with van der Waals surface area (Å²) in [6.07, 6.45) is 0. The van der Waals surface area contributed by atoms with Gasteiger partial charge in [0.2, 0.25) is 5.89 Å². The van der Waals surface area contributed by atoms with Crippen LogP contribution < -0.4 is 10.5 Å². The summed E-state index contributed by atoms with van der Waals surface area (Å²) in [5, 5.41) is 0.315. The van der Waals surface area contributed by atoms with Gasteiger partial charge in [0, 0.05) is 46.1 Å². The molecular weight excluding hydrogens is 465 g/mol. The van der Waals surface area contributed by atoms with Crippen molar-refractivity contribution < 1.29 is 22.3 Å². The molecule has 0 saturated heterocycles. The van der Waals surface area contributed by atoms with Crippen LogP contribution >= 0.6 is 11.6 Å². The maximum absolute atomic E-state index is 15.0.